The molecule has 0 unspecified atom stereocenters. The quantitative estimate of drug-likeness (QED) is 0.216. The van der Waals surface area contributed by atoms with Crippen molar-refractivity contribution >= 4 is 29.4 Å². The number of fused-ring (bicyclic) bond motifs is 1. The highest BCUT2D eigenvalue weighted by atomic mass is 32.2. The number of aromatic nitrogens is 3. The zero-order chi connectivity index (χ0) is 32.0. The maximum absolute atomic E-state index is 14.1. The van der Waals surface area contributed by atoms with Crippen LogP contribution in [0.2, 0.25) is 0 Å². The Labute approximate surface area is 271 Å². The van der Waals surface area contributed by atoms with Gasteiger partial charge in [-0.05, 0) is 54.6 Å². The molecule has 46 heavy (non-hydrogen) atoms. The largest absolute Gasteiger partial charge is 0.497 e. The summed E-state index contributed by atoms with van der Waals surface area (Å²) in [5.41, 5.74) is 4.58. The van der Waals surface area contributed by atoms with E-state index in [4.69, 9.17) is 19.3 Å². The van der Waals surface area contributed by atoms with E-state index in [0.29, 0.717) is 40.1 Å². The lowest BCUT2D eigenvalue weighted by Crippen LogP contribution is -2.42. The molecule has 3 aromatic carbocycles. The second-order valence-corrected chi connectivity index (χ2v) is 11.5. The van der Waals surface area contributed by atoms with Crippen LogP contribution in [-0.4, -0.2) is 60.2 Å². The van der Waals surface area contributed by atoms with E-state index in [9.17, 15) is 9.59 Å². The van der Waals surface area contributed by atoms with Crippen molar-refractivity contribution in [3.05, 3.63) is 114 Å². The highest BCUT2D eigenvalue weighted by Crippen LogP contribution is 2.51. The molecule has 6 rings (SSSR count). The van der Waals surface area contributed by atoms with Crippen molar-refractivity contribution in [3.8, 4) is 34.2 Å². The Hall–Kier alpha value is -5.29. The number of anilines is 1. The van der Waals surface area contributed by atoms with Gasteiger partial charge in [0.05, 0.1) is 56.0 Å². The number of carbonyl (C=O) groups excluding carboxylic acids is 2. The van der Waals surface area contributed by atoms with Gasteiger partial charge in [-0.15, -0.1) is 11.8 Å². The minimum Gasteiger partial charge on any atom is -0.497 e. The molecule has 1 atom stereocenters. The van der Waals surface area contributed by atoms with Crippen molar-refractivity contribution < 1.29 is 23.8 Å². The van der Waals surface area contributed by atoms with Crippen molar-refractivity contribution in [1.29, 1.82) is 0 Å². The molecular formula is C35H33N5O5S. The van der Waals surface area contributed by atoms with E-state index in [1.807, 2.05) is 91.0 Å². The van der Waals surface area contributed by atoms with Gasteiger partial charge in [0.15, 0.2) is 0 Å². The molecule has 1 N–H and O–H groups in total. The van der Waals surface area contributed by atoms with Gasteiger partial charge in [0.25, 0.3) is 0 Å². The number of nitrogens with one attached hydrogen (secondary N) is 1. The number of rotatable bonds is 10. The van der Waals surface area contributed by atoms with Gasteiger partial charge in [0.1, 0.15) is 29.6 Å². The van der Waals surface area contributed by atoms with Gasteiger partial charge < -0.3 is 19.5 Å². The van der Waals surface area contributed by atoms with Gasteiger partial charge in [-0.3, -0.25) is 19.5 Å². The predicted octanol–water partition coefficient (Wildman–Crippen LogP) is 5.45. The van der Waals surface area contributed by atoms with E-state index in [1.54, 1.807) is 32.2 Å². The smallest absolute Gasteiger partial charge is 0.240 e. The summed E-state index contributed by atoms with van der Waals surface area (Å²) < 4.78 is 18.6. The van der Waals surface area contributed by atoms with Gasteiger partial charge in [0, 0.05) is 22.9 Å². The first-order valence-corrected chi connectivity index (χ1v) is 15.7. The van der Waals surface area contributed by atoms with Gasteiger partial charge in [-0.2, -0.15) is 5.10 Å². The molecule has 0 aliphatic carbocycles. The van der Waals surface area contributed by atoms with Crippen LogP contribution < -0.4 is 24.4 Å². The van der Waals surface area contributed by atoms with Gasteiger partial charge >= 0.3 is 0 Å². The molecule has 1 aliphatic rings. The van der Waals surface area contributed by atoms with Gasteiger partial charge in [-0.25, -0.2) is 4.68 Å². The van der Waals surface area contributed by atoms with Crippen LogP contribution in [-0.2, 0) is 16.1 Å². The third kappa shape index (κ3) is 6.27. The first-order chi connectivity index (χ1) is 22.5. The molecule has 0 saturated heterocycles. The summed E-state index contributed by atoms with van der Waals surface area (Å²) >= 11 is 1.46. The first kappa shape index (κ1) is 30.7. The summed E-state index contributed by atoms with van der Waals surface area (Å²) in [4.78, 5) is 33.4. The van der Waals surface area contributed by atoms with Crippen LogP contribution in [0.3, 0.4) is 0 Å². The van der Waals surface area contributed by atoms with E-state index in [0.717, 1.165) is 16.7 Å². The fourth-order valence-corrected chi connectivity index (χ4v) is 6.63. The van der Waals surface area contributed by atoms with Crippen molar-refractivity contribution in [2.75, 3.05) is 38.5 Å². The number of amides is 2. The maximum Gasteiger partial charge on any atom is 0.240 e. The second kappa shape index (κ2) is 13.8. The summed E-state index contributed by atoms with van der Waals surface area (Å²) in [5, 5.41) is 7.67. The number of nitrogens with zero attached hydrogens (tertiary/aromatic N) is 4. The maximum atomic E-state index is 14.1. The number of ether oxygens (including phenoxy) is 3. The topological polar surface area (TPSA) is 108 Å². The molecular weight excluding hydrogens is 602 g/mol. The Bertz CT molecular complexity index is 1830. The van der Waals surface area contributed by atoms with E-state index in [1.165, 1.54) is 16.7 Å². The third-order valence-electron chi connectivity index (χ3n) is 7.67. The molecule has 1 aliphatic heterocycles. The Balaban J connectivity index is 1.55. The predicted molar refractivity (Wildman–Crippen MR) is 178 cm³/mol. The Kier molecular flexibility index (Phi) is 9.20. The van der Waals surface area contributed by atoms with E-state index >= 15 is 0 Å². The molecule has 234 valence electrons. The molecule has 5 aromatic rings. The SMILES string of the molecule is COc1ccc(-n2nc(-c3ccccc3)c3c2N(CC(=O)NCc2ccccn2)C(=O)CS[C@H]3c2cc(OC)ccc2OC)cc1. The van der Waals surface area contributed by atoms with Crippen molar-refractivity contribution in [1.82, 2.24) is 20.1 Å². The summed E-state index contributed by atoms with van der Waals surface area (Å²) in [7, 11) is 4.84. The van der Waals surface area contributed by atoms with Crippen LogP contribution in [0.4, 0.5) is 5.82 Å². The number of hydrogen-bond donors (Lipinski definition) is 1. The Morgan fingerprint density at radius 3 is 2.35 bits per heavy atom. The summed E-state index contributed by atoms with van der Waals surface area (Å²) in [6.07, 6.45) is 1.68. The number of benzene rings is 3. The van der Waals surface area contributed by atoms with Crippen LogP contribution in [0.1, 0.15) is 22.1 Å². The number of thioether (sulfide) groups is 1. The summed E-state index contributed by atoms with van der Waals surface area (Å²) in [5.74, 6) is 2.06. The molecule has 0 saturated carbocycles. The zero-order valence-corrected chi connectivity index (χ0v) is 26.5. The molecule has 0 fully saturated rings. The number of pyridine rings is 1. The highest BCUT2D eigenvalue weighted by Gasteiger charge is 2.38. The van der Waals surface area contributed by atoms with Crippen LogP contribution in [0.5, 0.6) is 17.2 Å². The zero-order valence-electron chi connectivity index (χ0n) is 25.7. The van der Waals surface area contributed by atoms with Gasteiger partial charge in [-0.1, -0.05) is 36.4 Å². The van der Waals surface area contributed by atoms with Crippen LogP contribution in [0.25, 0.3) is 16.9 Å². The molecule has 3 heterocycles. The molecule has 0 radical (unpaired) electrons. The van der Waals surface area contributed by atoms with Crippen LogP contribution >= 0.6 is 11.8 Å². The number of methoxy groups -OCH3 is 3. The lowest BCUT2D eigenvalue weighted by Gasteiger charge is -2.23. The van der Waals surface area contributed by atoms with E-state index in [2.05, 4.69) is 10.3 Å². The number of carbonyl (C=O) groups is 2. The molecule has 0 spiro atoms. The monoisotopic (exact) mass is 635 g/mol. The fraction of sp³-hybridized carbons (Fsp3) is 0.200. The van der Waals surface area contributed by atoms with Crippen molar-refractivity contribution in [2.24, 2.45) is 0 Å². The Morgan fingerprint density at radius 1 is 0.913 bits per heavy atom. The molecule has 11 heteroatoms. The van der Waals surface area contributed by atoms with Crippen LogP contribution in [0, 0.1) is 0 Å². The fourth-order valence-electron chi connectivity index (χ4n) is 5.41. The highest BCUT2D eigenvalue weighted by molar-refractivity contribution is 8.00. The minimum atomic E-state index is -0.396. The third-order valence-corrected chi connectivity index (χ3v) is 8.90. The van der Waals surface area contributed by atoms with E-state index in [-0.39, 0.29) is 30.7 Å². The summed E-state index contributed by atoms with van der Waals surface area (Å²) in [6.45, 7) is 0.0250. The van der Waals surface area contributed by atoms with Crippen LogP contribution in [0.15, 0.2) is 97.2 Å². The molecule has 0 bridgehead atoms. The average molecular weight is 636 g/mol. The Morgan fingerprint density at radius 2 is 1.65 bits per heavy atom. The van der Waals surface area contributed by atoms with E-state index < -0.39 is 5.25 Å². The summed E-state index contributed by atoms with van der Waals surface area (Å²) in [6, 6.07) is 28.4. The number of hydrogen-bond acceptors (Lipinski definition) is 8. The second-order valence-electron chi connectivity index (χ2n) is 10.4. The lowest BCUT2D eigenvalue weighted by atomic mass is 9.98. The van der Waals surface area contributed by atoms with Gasteiger partial charge in [0.2, 0.25) is 11.8 Å². The molecule has 2 amide bonds. The average Bonchev–Trinajstić information content (AvgIpc) is 3.44. The standard InChI is InChI=1S/C35H33N5O5S/c1-43-26-14-12-25(13-15-26)40-35-32(33(38-40)23-9-5-4-6-10-23)34(28-19-27(44-2)16-17-29(28)45-3)46-22-31(42)39(35)21-30(41)37-20-24-11-7-8-18-36-24/h4-19,34H,20-22H2,1-3H3,(H,37,41)/t34-/m0/s1. The van der Waals surface area contributed by atoms with Crippen molar-refractivity contribution in [2.45, 2.75) is 11.8 Å². The molecule has 10 nitrogen and oxygen atoms in total. The van der Waals surface area contributed by atoms with Crippen molar-refractivity contribution in [3.63, 3.8) is 0 Å². The lowest BCUT2D eigenvalue weighted by molar-refractivity contribution is -0.123. The first-order valence-electron chi connectivity index (χ1n) is 14.6. The normalized spacial score (nSPS) is 14.3. The minimum absolute atomic E-state index is 0.115. The molecule has 2 aromatic heterocycles.